The van der Waals surface area contributed by atoms with Gasteiger partial charge >= 0.3 is 0 Å². The van der Waals surface area contributed by atoms with E-state index in [-0.39, 0.29) is 24.2 Å². The minimum Gasteiger partial charge on any atom is -0.387 e. The summed E-state index contributed by atoms with van der Waals surface area (Å²) in [6, 6.07) is 5.04. The molecule has 1 fully saturated rings. The van der Waals surface area contributed by atoms with E-state index in [1.807, 2.05) is 0 Å². The monoisotopic (exact) mass is 322 g/mol. The summed E-state index contributed by atoms with van der Waals surface area (Å²) >= 11 is 0. The standard InChI is InChI=1S/C17H23FN2O3/c1-2-16(22)20-10-4-3-5-14(20)17(23)19-11-15(21)12-6-8-13(18)9-7-12/h6-9,14-15,21H,2-5,10-11H2,1H3,(H,19,23). The lowest BCUT2D eigenvalue weighted by Gasteiger charge is -2.34. The number of halogens is 1. The highest BCUT2D eigenvalue weighted by Crippen LogP contribution is 2.19. The van der Waals surface area contributed by atoms with E-state index in [1.54, 1.807) is 11.8 Å². The van der Waals surface area contributed by atoms with Crippen molar-refractivity contribution in [3.63, 3.8) is 0 Å². The summed E-state index contributed by atoms with van der Waals surface area (Å²) in [4.78, 5) is 25.9. The number of aliphatic hydroxyl groups is 1. The molecular weight excluding hydrogens is 299 g/mol. The summed E-state index contributed by atoms with van der Waals surface area (Å²) in [6.07, 6.45) is 1.94. The van der Waals surface area contributed by atoms with Gasteiger partial charge in [0.15, 0.2) is 0 Å². The first kappa shape index (κ1) is 17.4. The smallest absolute Gasteiger partial charge is 0.242 e. The third kappa shape index (κ3) is 4.51. The predicted molar refractivity (Wildman–Crippen MR) is 84.0 cm³/mol. The largest absolute Gasteiger partial charge is 0.387 e. The van der Waals surface area contributed by atoms with Gasteiger partial charge in [0.2, 0.25) is 11.8 Å². The summed E-state index contributed by atoms with van der Waals surface area (Å²) < 4.78 is 12.9. The Balaban J connectivity index is 1.92. The Morgan fingerprint density at radius 2 is 2.04 bits per heavy atom. The van der Waals surface area contributed by atoms with E-state index in [4.69, 9.17) is 0 Å². The van der Waals surface area contributed by atoms with Crippen LogP contribution in [0, 0.1) is 5.82 Å². The maximum absolute atomic E-state index is 12.9. The lowest BCUT2D eigenvalue weighted by atomic mass is 10.0. The summed E-state index contributed by atoms with van der Waals surface area (Å²) in [6.45, 7) is 2.42. The van der Waals surface area contributed by atoms with Gasteiger partial charge in [-0.3, -0.25) is 9.59 Å². The average Bonchev–Trinajstić information content (AvgIpc) is 2.59. The van der Waals surface area contributed by atoms with E-state index >= 15 is 0 Å². The second-order valence-electron chi connectivity index (χ2n) is 5.76. The Bertz CT molecular complexity index is 547. The van der Waals surface area contributed by atoms with Crippen LogP contribution in [-0.4, -0.2) is 41.0 Å². The molecule has 0 aromatic heterocycles. The van der Waals surface area contributed by atoms with Crippen molar-refractivity contribution in [2.45, 2.75) is 44.8 Å². The third-order valence-corrected chi connectivity index (χ3v) is 4.15. The van der Waals surface area contributed by atoms with Gasteiger partial charge in [0.25, 0.3) is 0 Å². The van der Waals surface area contributed by atoms with Crippen LogP contribution in [0.15, 0.2) is 24.3 Å². The molecule has 126 valence electrons. The van der Waals surface area contributed by atoms with Gasteiger partial charge in [-0.25, -0.2) is 4.39 Å². The molecule has 0 radical (unpaired) electrons. The number of likely N-dealkylation sites (tertiary alicyclic amines) is 1. The molecule has 6 heteroatoms. The first-order chi connectivity index (χ1) is 11.0. The molecule has 0 aliphatic carbocycles. The van der Waals surface area contributed by atoms with Crippen LogP contribution in [0.4, 0.5) is 4.39 Å². The molecule has 0 saturated carbocycles. The molecule has 1 heterocycles. The van der Waals surface area contributed by atoms with E-state index < -0.39 is 12.1 Å². The second kappa shape index (κ2) is 8.06. The Kier molecular flexibility index (Phi) is 6.10. The number of carbonyl (C=O) groups is 2. The van der Waals surface area contributed by atoms with Crippen molar-refractivity contribution in [2.24, 2.45) is 0 Å². The van der Waals surface area contributed by atoms with Gasteiger partial charge in [0.05, 0.1) is 6.10 Å². The number of benzene rings is 1. The van der Waals surface area contributed by atoms with E-state index in [2.05, 4.69) is 5.32 Å². The number of carbonyl (C=O) groups excluding carboxylic acids is 2. The molecule has 1 saturated heterocycles. The van der Waals surface area contributed by atoms with Crippen molar-refractivity contribution in [1.82, 2.24) is 10.2 Å². The molecule has 0 spiro atoms. The van der Waals surface area contributed by atoms with Crippen molar-refractivity contribution in [1.29, 1.82) is 0 Å². The Morgan fingerprint density at radius 3 is 2.70 bits per heavy atom. The van der Waals surface area contributed by atoms with Crippen molar-refractivity contribution in [3.05, 3.63) is 35.6 Å². The number of rotatable bonds is 5. The van der Waals surface area contributed by atoms with E-state index in [9.17, 15) is 19.1 Å². The number of nitrogens with one attached hydrogen (secondary N) is 1. The number of hydrogen-bond acceptors (Lipinski definition) is 3. The van der Waals surface area contributed by atoms with Crippen LogP contribution in [-0.2, 0) is 9.59 Å². The first-order valence-electron chi connectivity index (χ1n) is 8.03. The van der Waals surface area contributed by atoms with Gasteiger partial charge in [-0.1, -0.05) is 19.1 Å². The molecule has 2 amide bonds. The van der Waals surface area contributed by atoms with Crippen LogP contribution in [0.25, 0.3) is 0 Å². The number of hydrogen-bond donors (Lipinski definition) is 2. The van der Waals surface area contributed by atoms with Gasteiger partial charge < -0.3 is 15.3 Å². The fourth-order valence-corrected chi connectivity index (χ4v) is 2.82. The second-order valence-corrected chi connectivity index (χ2v) is 5.76. The maximum atomic E-state index is 12.9. The molecule has 1 aliphatic rings. The molecule has 0 bridgehead atoms. The van der Waals surface area contributed by atoms with Crippen molar-refractivity contribution in [2.75, 3.05) is 13.1 Å². The Labute approximate surface area is 135 Å². The Hall–Kier alpha value is -1.95. The predicted octanol–water partition coefficient (Wildman–Crippen LogP) is 1.77. The quantitative estimate of drug-likeness (QED) is 0.868. The summed E-state index contributed by atoms with van der Waals surface area (Å²) in [5.74, 6) is -0.641. The first-order valence-corrected chi connectivity index (χ1v) is 8.03. The lowest BCUT2D eigenvalue weighted by molar-refractivity contribution is -0.142. The molecule has 2 unspecified atom stereocenters. The zero-order valence-electron chi connectivity index (χ0n) is 13.3. The molecule has 23 heavy (non-hydrogen) atoms. The van der Waals surface area contributed by atoms with Crippen LogP contribution in [0.1, 0.15) is 44.3 Å². The van der Waals surface area contributed by atoms with Crippen molar-refractivity contribution < 1.29 is 19.1 Å². The molecule has 5 nitrogen and oxygen atoms in total. The molecule has 2 rings (SSSR count). The molecule has 2 N–H and O–H groups in total. The van der Waals surface area contributed by atoms with E-state index in [0.29, 0.717) is 24.9 Å². The van der Waals surface area contributed by atoms with E-state index in [1.165, 1.54) is 24.3 Å². The zero-order chi connectivity index (χ0) is 16.8. The average molecular weight is 322 g/mol. The number of nitrogens with zero attached hydrogens (tertiary/aromatic N) is 1. The maximum Gasteiger partial charge on any atom is 0.242 e. The van der Waals surface area contributed by atoms with Crippen LogP contribution < -0.4 is 5.32 Å². The SMILES string of the molecule is CCC(=O)N1CCCCC1C(=O)NCC(O)c1ccc(F)cc1. The van der Waals surface area contributed by atoms with Gasteiger partial charge in [-0.05, 0) is 37.0 Å². The fraction of sp³-hybridized carbons (Fsp3) is 0.529. The third-order valence-electron chi connectivity index (χ3n) is 4.15. The van der Waals surface area contributed by atoms with Crippen LogP contribution >= 0.6 is 0 Å². The lowest BCUT2D eigenvalue weighted by Crippen LogP contribution is -2.52. The highest BCUT2D eigenvalue weighted by Gasteiger charge is 2.31. The van der Waals surface area contributed by atoms with Gasteiger partial charge in [0.1, 0.15) is 11.9 Å². The van der Waals surface area contributed by atoms with Gasteiger partial charge in [-0.2, -0.15) is 0 Å². The minimum atomic E-state index is -0.904. The molecular formula is C17H23FN2O3. The normalized spacial score (nSPS) is 19.3. The topological polar surface area (TPSA) is 69.6 Å². The van der Waals surface area contributed by atoms with Crippen molar-refractivity contribution >= 4 is 11.8 Å². The van der Waals surface area contributed by atoms with Crippen LogP contribution in [0.3, 0.4) is 0 Å². The van der Waals surface area contributed by atoms with Crippen LogP contribution in [0.5, 0.6) is 0 Å². The van der Waals surface area contributed by atoms with Crippen LogP contribution in [0.2, 0.25) is 0 Å². The number of piperidine rings is 1. The Morgan fingerprint density at radius 1 is 1.35 bits per heavy atom. The van der Waals surface area contributed by atoms with Gasteiger partial charge in [0, 0.05) is 19.5 Å². The highest BCUT2D eigenvalue weighted by atomic mass is 19.1. The molecule has 1 aliphatic heterocycles. The summed E-state index contributed by atoms with van der Waals surface area (Å²) in [5.41, 5.74) is 0.539. The zero-order valence-corrected chi connectivity index (χ0v) is 13.3. The fourth-order valence-electron chi connectivity index (χ4n) is 2.82. The molecule has 1 aromatic rings. The van der Waals surface area contributed by atoms with Gasteiger partial charge in [-0.15, -0.1) is 0 Å². The summed E-state index contributed by atoms with van der Waals surface area (Å²) in [7, 11) is 0. The molecule has 1 aromatic carbocycles. The highest BCUT2D eigenvalue weighted by molar-refractivity contribution is 5.87. The van der Waals surface area contributed by atoms with Crippen molar-refractivity contribution in [3.8, 4) is 0 Å². The molecule has 2 atom stereocenters. The number of amides is 2. The van der Waals surface area contributed by atoms with E-state index in [0.717, 1.165) is 12.8 Å². The summed E-state index contributed by atoms with van der Waals surface area (Å²) in [5, 5.41) is 12.8. The number of aliphatic hydroxyl groups excluding tert-OH is 1. The minimum absolute atomic E-state index is 0.0241.